The molecule has 0 aromatic heterocycles. The van der Waals surface area contributed by atoms with Crippen LogP contribution in [0.1, 0.15) is 63.9 Å². The van der Waals surface area contributed by atoms with Gasteiger partial charge in [-0.15, -0.1) is 0 Å². The van der Waals surface area contributed by atoms with Gasteiger partial charge in [0.25, 0.3) is 10.0 Å². The highest BCUT2D eigenvalue weighted by molar-refractivity contribution is 7.92. The molecule has 0 atom stereocenters. The lowest BCUT2D eigenvalue weighted by Crippen LogP contribution is -2.35. The van der Waals surface area contributed by atoms with E-state index in [9.17, 15) is 16.8 Å². The van der Waals surface area contributed by atoms with Crippen molar-refractivity contribution in [3.8, 4) is 0 Å². The van der Waals surface area contributed by atoms with E-state index in [1.54, 1.807) is 24.3 Å². The van der Waals surface area contributed by atoms with E-state index in [-0.39, 0.29) is 9.79 Å². The maximum atomic E-state index is 13.3. The lowest BCUT2D eigenvalue weighted by molar-refractivity contribution is 0.346. The van der Waals surface area contributed by atoms with Crippen molar-refractivity contribution in [1.29, 1.82) is 0 Å². The maximum Gasteiger partial charge on any atom is 0.261 e. The van der Waals surface area contributed by atoms with Crippen molar-refractivity contribution in [2.45, 2.75) is 68.1 Å². The van der Waals surface area contributed by atoms with Gasteiger partial charge in [-0.3, -0.25) is 4.72 Å². The fourth-order valence-corrected chi connectivity index (χ4v) is 7.27. The summed E-state index contributed by atoms with van der Waals surface area (Å²) < 4.78 is 57.4. The topological polar surface area (TPSA) is 86.8 Å². The molecule has 0 aliphatic carbocycles. The van der Waals surface area contributed by atoms with Crippen molar-refractivity contribution in [1.82, 2.24) is 4.31 Å². The molecule has 7 nitrogen and oxygen atoms in total. The van der Waals surface area contributed by atoms with Crippen LogP contribution >= 0.6 is 0 Å². The fraction of sp³-hybridized carbons (Fsp3) is 0.520. The summed E-state index contributed by atoms with van der Waals surface area (Å²) in [5, 5.41) is 0. The molecule has 1 N–H and O–H groups in total. The smallest absolute Gasteiger partial charge is 0.261 e. The minimum atomic E-state index is -3.89. The Balaban J connectivity index is 1.71. The third-order valence-electron chi connectivity index (χ3n) is 6.72. The number of anilines is 2. The van der Waals surface area contributed by atoms with Crippen LogP contribution in [0.3, 0.4) is 0 Å². The summed E-state index contributed by atoms with van der Waals surface area (Å²) in [6.45, 7) is 6.74. The maximum absolute atomic E-state index is 13.3. The Morgan fingerprint density at radius 2 is 1.29 bits per heavy atom. The van der Waals surface area contributed by atoms with Gasteiger partial charge in [-0.1, -0.05) is 32.4 Å². The number of piperidine rings is 2. The standard InChI is InChI=1S/C25H35N3O4S2/c1-20(2)21-9-11-22(12-10-21)33(29,30)26-24-19-23(34(31,32)28-17-7-4-8-18-28)13-14-25(24)27-15-5-3-6-16-27/h9-14,19-20,26H,3-8,15-18H2,1-2H3. The van der Waals surface area contributed by atoms with E-state index in [1.807, 2.05) is 12.1 Å². The zero-order valence-corrected chi connectivity index (χ0v) is 21.7. The SMILES string of the molecule is CC(C)c1ccc(S(=O)(=O)Nc2cc(S(=O)(=O)N3CCCCC3)ccc2N2CCCCC2)cc1. The van der Waals surface area contributed by atoms with Crippen LogP contribution in [0.5, 0.6) is 0 Å². The quantitative estimate of drug-likeness (QED) is 0.585. The summed E-state index contributed by atoms with van der Waals surface area (Å²) in [5.41, 5.74) is 2.09. The molecule has 2 heterocycles. The van der Waals surface area contributed by atoms with Gasteiger partial charge in [0.2, 0.25) is 10.0 Å². The Morgan fingerprint density at radius 1 is 0.735 bits per heavy atom. The second-order valence-electron chi connectivity index (χ2n) is 9.52. The molecule has 34 heavy (non-hydrogen) atoms. The molecule has 2 aromatic carbocycles. The van der Waals surface area contributed by atoms with Gasteiger partial charge in [0.15, 0.2) is 0 Å². The predicted molar refractivity (Wildman–Crippen MR) is 136 cm³/mol. The first-order valence-electron chi connectivity index (χ1n) is 12.2. The van der Waals surface area contributed by atoms with Crippen LogP contribution in [-0.4, -0.2) is 47.3 Å². The van der Waals surface area contributed by atoms with Gasteiger partial charge in [-0.05, 0) is 73.9 Å². The molecular weight excluding hydrogens is 470 g/mol. The Morgan fingerprint density at radius 3 is 1.88 bits per heavy atom. The molecule has 2 aliphatic heterocycles. The van der Waals surface area contributed by atoms with E-state index >= 15 is 0 Å². The number of hydrogen-bond donors (Lipinski definition) is 1. The van der Waals surface area contributed by atoms with Crippen molar-refractivity contribution in [2.24, 2.45) is 0 Å². The van der Waals surface area contributed by atoms with Crippen LogP contribution in [0.25, 0.3) is 0 Å². The van der Waals surface area contributed by atoms with Crippen LogP contribution in [0.15, 0.2) is 52.3 Å². The molecule has 2 aromatic rings. The second kappa shape index (κ2) is 10.3. The first kappa shape index (κ1) is 25.0. The van der Waals surface area contributed by atoms with E-state index in [0.29, 0.717) is 24.7 Å². The molecule has 9 heteroatoms. The molecule has 2 aliphatic rings. The summed E-state index contributed by atoms with van der Waals surface area (Å²) in [4.78, 5) is 2.43. The second-order valence-corrected chi connectivity index (χ2v) is 13.1. The van der Waals surface area contributed by atoms with Crippen molar-refractivity contribution in [2.75, 3.05) is 35.8 Å². The highest BCUT2D eigenvalue weighted by Gasteiger charge is 2.28. The Labute approximate surface area is 204 Å². The van der Waals surface area contributed by atoms with Crippen molar-refractivity contribution < 1.29 is 16.8 Å². The van der Waals surface area contributed by atoms with Gasteiger partial charge in [0.1, 0.15) is 0 Å². The molecule has 4 rings (SSSR count). The van der Waals surface area contributed by atoms with Gasteiger partial charge in [-0.25, -0.2) is 16.8 Å². The molecule has 0 radical (unpaired) electrons. The highest BCUT2D eigenvalue weighted by atomic mass is 32.2. The number of rotatable bonds is 7. The van der Waals surface area contributed by atoms with E-state index in [1.165, 1.54) is 10.4 Å². The lowest BCUT2D eigenvalue weighted by Gasteiger charge is -2.31. The van der Waals surface area contributed by atoms with Gasteiger partial charge in [0.05, 0.1) is 21.2 Å². The summed E-state index contributed by atoms with van der Waals surface area (Å²) >= 11 is 0. The van der Waals surface area contributed by atoms with E-state index in [0.717, 1.165) is 62.9 Å². The molecule has 0 amide bonds. The lowest BCUT2D eigenvalue weighted by atomic mass is 10.0. The molecule has 2 fully saturated rings. The van der Waals surface area contributed by atoms with Crippen LogP contribution < -0.4 is 9.62 Å². The molecular formula is C25H35N3O4S2. The Hall–Kier alpha value is -2.10. The zero-order valence-electron chi connectivity index (χ0n) is 20.0. The van der Waals surface area contributed by atoms with Crippen molar-refractivity contribution in [3.05, 3.63) is 48.0 Å². The first-order chi connectivity index (χ1) is 16.2. The molecule has 0 spiro atoms. The normalized spacial score (nSPS) is 18.3. The summed E-state index contributed by atoms with van der Waals surface area (Å²) in [6.07, 6.45) is 5.91. The van der Waals surface area contributed by atoms with Gasteiger partial charge >= 0.3 is 0 Å². The number of nitrogens with zero attached hydrogens (tertiary/aromatic N) is 2. The summed E-state index contributed by atoms with van der Waals surface area (Å²) in [7, 11) is -7.58. The minimum absolute atomic E-state index is 0.128. The third-order valence-corrected chi connectivity index (χ3v) is 10.00. The summed E-state index contributed by atoms with van der Waals surface area (Å²) in [6, 6.07) is 11.7. The number of nitrogens with one attached hydrogen (secondary N) is 1. The monoisotopic (exact) mass is 505 g/mol. The molecule has 0 saturated carbocycles. The van der Waals surface area contributed by atoms with Crippen LogP contribution in [0.4, 0.5) is 11.4 Å². The average molecular weight is 506 g/mol. The molecule has 186 valence electrons. The zero-order chi connectivity index (χ0) is 24.3. The van der Waals surface area contributed by atoms with Gasteiger partial charge < -0.3 is 4.90 Å². The minimum Gasteiger partial charge on any atom is -0.370 e. The van der Waals surface area contributed by atoms with E-state index < -0.39 is 20.0 Å². The predicted octanol–water partition coefficient (Wildman–Crippen LogP) is 4.78. The van der Waals surface area contributed by atoms with Crippen LogP contribution in [-0.2, 0) is 20.0 Å². The van der Waals surface area contributed by atoms with E-state index in [4.69, 9.17) is 0 Å². The number of benzene rings is 2. The summed E-state index contributed by atoms with van der Waals surface area (Å²) in [5.74, 6) is 0.298. The highest BCUT2D eigenvalue weighted by Crippen LogP contribution is 2.34. The number of sulfonamides is 2. The van der Waals surface area contributed by atoms with Gasteiger partial charge in [-0.2, -0.15) is 4.31 Å². The van der Waals surface area contributed by atoms with Crippen LogP contribution in [0, 0.1) is 0 Å². The molecule has 0 unspecified atom stereocenters. The van der Waals surface area contributed by atoms with Gasteiger partial charge in [0, 0.05) is 26.2 Å². The molecule has 2 saturated heterocycles. The Bertz CT molecular complexity index is 1200. The van der Waals surface area contributed by atoms with Crippen molar-refractivity contribution in [3.63, 3.8) is 0 Å². The molecule has 0 bridgehead atoms. The van der Waals surface area contributed by atoms with Crippen LogP contribution in [0.2, 0.25) is 0 Å². The Kier molecular flexibility index (Phi) is 7.54. The fourth-order valence-electron chi connectivity index (χ4n) is 4.66. The number of hydrogen-bond acceptors (Lipinski definition) is 5. The largest absolute Gasteiger partial charge is 0.370 e. The average Bonchev–Trinajstić information content (AvgIpc) is 2.85. The first-order valence-corrected chi connectivity index (χ1v) is 15.1. The third kappa shape index (κ3) is 5.42. The van der Waals surface area contributed by atoms with Crippen molar-refractivity contribution >= 4 is 31.4 Å². The van der Waals surface area contributed by atoms with E-state index in [2.05, 4.69) is 23.5 Å².